The molecular formula is C19H34N2. The minimum Gasteiger partial charge on any atom is -0.316 e. The van der Waals surface area contributed by atoms with E-state index >= 15 is 0 Å². The third-order valence-corrected chi connectivity index (χ3v) is 3.92. The normalized spacial score (nSPS) is 11.8. The van der Waals surface area contributed by atoms with Gasteiger partial charge in [0.15, 0.2) is 0 Å². The lowest BCUT2D eigenvalue weighted by Crippen LogP contribution is -2.28. The maximum Gasteiger partial charge on any atom is 0.0236 e. The zero-order chi connectivity index (χ0) is 15.7. The molecule has 0 spiro atoms. The third kappa shape index (κ3) is 7.63. The summed E-state index contributed by atoms with van der Waals surface area (Å²) >= 11 is 0. The highest BCUT2D eigenvalue weighted by Gasteiger charge is 2.10. The Kier molecular flexibility index (Phi) is 8.63. The first kappa shape index (κ1) is 18.2. The van der Waals surface area contributed by atoms with E-state index in [9.17, 15) is 0 Å². The maximum atomic E-state index is 3.28. The summed E-state index contributed by atoms with van der Waals surface area (Å²) in [6, 6.07) is 8.83. The Hall–Kier alpha value is -0.860. The van der Waals surface area contributed by atoms with Crippen LogP contribution in [0.4, 0.5) is 0 Å². The van der Waals surface area contributed by atoms with Crippen LogP contribution < -0.4 is 5.32 Å². The van der Waals surface area contributed by atoms with Crippen LogP contribution in [-0.2, 0) is 13.1 Å². The number of nitrogens with zero attached hydrogens (tertiary/aromatic N) is 1. The van der Waals surface area contributed by atoms with Gasteiger partial charge in [0.2, 0.25) is 0 Å². The molecule has 0 aliphatic heterocycles. The average molecular weight is 290 g/mol. The lowest BCUT2D eigenvalue weighted by Gasteiger charge is -2.25. The van der Waals surface area contributed by atoms with E-state index < -0.39 is 0 Å². The van der Waals surface area contributed by atoms with Gasteiger partial charge in [0.05, 0.1) is 0 Å². The second-order valence-electron chi connectivity index (χ2n) is 6.94. The molecule has 1 aromatic carbocycles. The number of hydrogen-bond acceptors (Lipinski definition) is 2. The molecule has 1 N–H and O–H groups in total. The van der Waals surface area contributed by atoms with Crippen LogP contribution >= 0.6 is 0 Å². The molecule has 0 fully saturated rings. The molecule has 0 radical (unpaired) electrons. The quantitative estimate of drug-likeness (QED) is 0.691. The predicted molar refractivity (Wildman–Crippen MR) is 93.4 cm³/mol. The zero-order valence-electron chi connectivity index (χ0n) is 14.7. The van der Waals surface area contributed by atoms with Crippen LogP contribution in [0.15, 0.2) is 24.3 Å². The van der Waals surface area contributed by atoms with Crippen LogP contribution in [0.25, 0.3) is 0 Å². The minimum atomic E-state index is 0.777. The van der Waals surface area contributed by atoms with E-state index in [0.29, 0.717) is 0 Å². The van der Waals surface area contributed by atoms with Crippen molar-refractivity contribution in [2.75, 3.05) is 20.1 Å². The fourth-order valence-corrected chi connectivity index (χ4v) is 2.47. The average Bonchev–Trinajstić information content (AvgIpc) is 2.43. The van der Waals surface area contributed by atoms with Gasteiger partial charge in [-0.1, -0.05) is 52.0 Å². The van der Waals surface area contributed by atoms with E-state index in [-0.39, 0.29) is 0 Å². The van der Waals surface area contributed by atoms with Gasteiger partial charge in [0.25, 0.3) is 0 Å². The van der Waals surface area contributed by atoms with E-state index in [1.807, 2.05) is 7.05 Å². The van der Waals surface area contributed by atoms with Crippen molar-refractivity contribution in [1.29, 1.82) is 0 Å². The molecule has 0 saturated carbocycles. The zero-order valence-corrected chi connectivity index (χ0v) is 14.7. The highest BCUT2D eigenvalue weighted by atomic mass is 15.1. The van der Waals surface area contributed by atoms with Crippen LogP contribution in [-0.4, -0.2) is 25.0 Å². The Morgan fingerprint density at radius 1 is 0.905 bits per heavy atom. The monoisotopic (exact) mass is 290 g/mol. The first-order valence-corrected chi connectivity index (χ1v) is 8.46. The topological polar surface area (TPSA) is 15.3 Å². The molecule has 0 unspecified atom stereocenters. The lowest BCUT2D eigenvalue weighted by atomic mass is 10.0. The van der Waals surface area contributed by atoms with Gasteiger partial charge in [-0.3, -0.25) is 4.90 Å². The van der Waals surface area contributed by atoms with Gasteiger partial charge in [0.1, 0.15) is 0 Å². The largest absolute Gasteiger partial charge is 0.316 e. The third-order valence-electron chi connectivity index (χ3n) is 3.92. The van der Waals surface area contributed by atoms with Crippen LogP contribution in [0, 0.1) is 11.8 Å². The van der Waals surface area contributed by atoms with E-state index in [1.165, 1.54) is 37.1 Å². The molecule has 21 heavy (non-hydrogen) atoms. The van der Waals surface area contributed by atoms with Gasteiger partial charge in [-0.05, 0) is 55.9 Å². The summed E-state index contributed by atoms with van der Waals surface area (Å²) in [4.78, 5) is 2.63. The molecule has 0 bridgehead atoms. The van der Waals surface area contributed by atoms with E-state index in [0.717, 1.165) is 24.9 Å². The molecule has 0 atom stereocenters. The Balaban J connectivity index is 2.69. The summed E-state index contributed by atoms with van der Waals surface area (Å²) in [5, 5.41) is 3.28. The fraction of sp³-hybridized carbons (Fsp3) is 0.684. The molecule has 0 heterocycles. The van der Waals surface area contributed by atoms with Gasteiger partial charge in [-0.25, -0.2) is 0 Å². The van der Waals surface area contributed by atoms with Crippen molar-refractivity contribution in [2.24, 2.45) is 11.8 Å². The molecule has 0 aromatic heterocycles. The second-order valence-corrected chi connectivity index (χ2v) is 6.94. The molecule has 2 nitrogen and oxygen atoms in total. The summed E-state index contributed by atoms with van der Waals surface area (Å²) in [5.41, 5.74) is 2.90. The SMILES string of the molecule is CNCc1ccccc1CN(CCC(C)C)CCC(C)C. The summed E-state index contributed by atoms with van der Waals surface area (Å²) in [6.07, 6.45) is 2.57. The lowest BCUT2D eigenvalue weighted by molar-refractivity contribution is 0.235. The van der Waals surface area contributed by atoms with Gasteiger partial charge in [0, 0.05) is 13.1 Å². The van der Waals surface area contributed by atoms with Gasteiger partial charge >= 0.3 is 0 Å². The van der Waals surface area contributed by atoms with Crippen LogP contribution in [0.1, 0.15) is 51.7 Å². The fourth-order valence-electron chi connectivity index (χ4n) is 2.47. The molecule has 1 rings (SSSR count). The van der Waals surface area contributed by atoms with Crippen molar-refractivity contribution in [3.63, 3.8) is 0 Å². The molecule has 120 valence electrons. The first-order valence-electron chi connectivity index (χ1n) is 8.46. The van der Waals surface area contributed by atoms with E-state index in [1.54, 1.807) is 0 Å². The highest BCUT2D eigenvalue weighted by molar-refractivity contribution is 5.26. The summed E-state index contributed by atoms with van der Waals surface area (Å²) in [6.45, 7) is 13.7. The van der Waals surface area contributed by atoms with Crippen LogP contribution in [0.5, 0.6) is 0 Å². The second kappa shape index (κ2) is 9.97. The van der Waals surface area contributed by atoms with E-state index in [2.05, 4.69) is 62.2 Å². The molecule has 0 amide bonds. The summed E-state index contributed by atoms with van der Waals surface area (Å²) in [7, 11) is 2.02. The Bertz CT molecular complexity index is 373. The van der Waals surface area contributed by atoms with Crippen molar-refractivity contribution in [2.45, 2.75) is 53.6 Å². The number of nitrogens with one attached hydrogen (secondary N) is 1. The maximum absolute atomic E-state index is 3.28. The van der Waals surface area contributed by atoms with E-state index in [4.69, 9.17) is 0 Å². The Labute approximate surface area is 131 Å². The molecule has 1 aromatic rings. The Morgan fingerprint density at radius 2 is 1.43 bits per heavy atom. The van der Waals surface area contributed by atoms with Crippen molar-refractivity contribution in [3.05, 3.63) is 35.4 Å². The number of rotatable bonds is 10. The van der Waals surface area contributed by atoms with Crippen LogP contribution in [0.2, 0.25) is 0 Å². The van der Waals surface area contributed by atoms with Gasteiger partial charge in [-0.2, -0.15) is 0 Å². The van der Waals surface area contributed by atoms with Crippen molar-refractivity contribution < 1.29 is 0 Å². The van der Waals surface area contributed by atoms with Crippen LogP contribution in [0.3, 0.4) is 0 Å². The number of benzene rings is 1. The first-order chi connectivity index (χ1) is 10.0. The number of hydrogen-bond donors (Lipinski definition) is 1. The highest BCUT2D eigenvalue weighted by Crippen LogP contribution is 2.14. The molecule has 2 heteroatoms. The van der Waals surface area contributed by atoms with Crippen molar-refractivity contribution >= 4 is 0 Å². The standard InChI is InChI=1S/C19H34N2/c1-16(2)10-12-21(13-11-17(3)4)15-19-9-7-6-8-18(19)14-20-5/h6-9,16-17,20H,10-15H2,1-5H3. The van der Waals surface area contributed by atoms with Crippen molar-refractivity contribution in [1.82, 2.24) is 10.2 Å². The van der Waals surface area contributed by atoms with Gasteiger partial charge < -0.3 is 5.32 Å². The van der Waals surface area contributed by atoms with Gasteiger partial charge in [-0.15, -0.1) is 0 Å². The minimum absolute atomic E-state index is 0.777. The molecule has 0 aliphatic carbocycles. The predicted octanol–water partition coefficient (Wildman–Crippen LogP) is 4.30. The molecular weight excluding hydrogens is 256 g/mol. The smallest absolute Gasteiger partial charge is 0.0236 e. The summed E-state index contributed by atoms with van der Waals surface area (Å²) in [5.74, 6) is 1.55. The summed E-state index contributed by atoms with van der Waals surface area (Å²) < 4.78 is 0. The molecule has 0 aliphatic rings. The Morgan fingerprint density at radius 3 is 1.90 bits per heavy atom. The molecule has 0 saturated heterocycles. The van der Waals surface area contributed by atoms with Crippen molar-refractivity contribution in [3.8, 4) is 0 Å².